The molecule has 1 saturated heterocycles. The van der Waals surface area contributed by atoms with Crippen molar-refractivity contribution in [2.45, 2.75) is 38.3 Å². The molecule has 1 aromatic carbocycles. The number of nitrogens with zero attached hydrogens (tertiary/aromatic N) is 5. The minimum Gasteiger partial charge on any atom is -0.340 e. The highest BCUT2D eigenvalue weighted by Gasteiger charge is 2.32. The molecule has 3 rings (SSSR count). The van der Waals surface area contributed by atoms with Crippen molar-refractivity contribution >= 4 is 29.5 Å². The molecule has 1 aliphatic rings. The molecule has 0 radical (unpaired) electrons. The molecular weight excluding hydrogens is 407 g/mol. The molecule has 2 atom stereocenters. The predicted molar refractivity (Wildman–Crippen MR) is 106 cm³/mol. The summed E-state index contributed by atoms with van der Waals surface area (Å²) < 4.78 is 67.8. The van der Waals surface area contributed by atoms with E-state index in [0.717, 1.165) is 18.3 Å². The first-order valence-corrected chi connectivity index (χ1v) is 9.18. The van der Waals surface area contributed by atoms with Crippen LogP contribution in [0.15, 0.2) is 40.2 Å². The molecule has 0 bridgehead atoms. The van der Waals surface area contributed by atoms with Gasteiger partial charge in [0.2, 0.25) is 5.95 Å². The van der Waals surface area contributed by atoms with Gasteiger partial charge in [0.15, 0.2) is 0 Å². The summed E-state index contributed by atoms with van der Waals surface area (Å²) in [6, 6.07) is 2.45. The van der Waals surface area contributed by atoms with Crippen molar-refractivity contribution in [3.05, 3.63) is 35.8 Å². The smallest absolute Gasteiger partial charge is 0.340 e. The van der Waals surface area contributed by atoms with Crippen molar-refractivity contribution in [3.8, 4) is 0 Å². The lowest BCUT2D eigenvalue weighted by Gasteiger charge is -2.34. The van der Waals surface area contributed by atoms with E-state index in [2.05, 4.69) is 21.7 Å². The zero-order valence-electron chi connectivity index (χ0n) is 16.2. The quantitative estimate of drug-likeness (QED) is 0.457. The van der Waals surface area contributed by atoms with Gasteiger partial charge in [-0.2, -0.15) is 13.2 Å². The highest BCUT2D eigenvalue weighted by Crippen LogP contribution is 2.33. The van der Waals surface area contributed by atoms with E-state index >= 15 is 0 Å². The number of aromatic nitrogens is 2. The first-order valence-electron chi connectivity index (χ1n) is 9.18. The zero-order chi connectivity index (χ0) is 22.1. The van der Waals surface area contributed by atoms with Crippen molar-refractivity contribution in [1.29, 1.82) is 0 Å². The molecule has 6 nitrogen and oxygen atoms in total. The first kappa shape index (κ1) is 21.9. The highest BCUT2D eigenvalue weighted by atomic mass is 19.4. The van der Waals surface area contributed by atoms with Crippen molar-refractivity contribution < 1.29 is 22.0 Å². The molecule has 0 unspecified atom stereocenters. The van der Waals surface area contributed by atoms with Crippen LogP contribution >= 0.6 is 0 Å². The third-order valence-electron chi connectivity index (χ3n) is 4.78. The number of anilines is 1. The average Bonchev–Trinajstić information content (AvgIpc) is 3.04. The number of benzene rings is 1. The third-order valence-corrected chi connectivity index (χ3v) is 4.78. The summed E-state index contributed by atoms with van der Waals surface area (Å²) in [6.45, 7) is 5.05. The van der Waals surface area contributed by atoms with Gasteiger partial charge in [-0.15, -0.1) is 0 Å². The number of hydrogen-bond acceptors (Lipinski definition) is 4. The minimum atomic E-state index is -4.52. The molecule has 2 N–H and O–H groups in total. The summed E-state index contributed by atoms with van der Waals surface area (Å²) in [7, 11) is 0. The Balaban J connectivity index is 2.10. The molecule has 0 spiro atoms. The molecule has 0 aliphatic carbocycles. The lowest BCUT2D eigenvalue weighted by atomic mass is 10.1. The normalized spacial score (nSPS) is 21.4. The average molecular weight is 428 g/mol. The molecule has 2 heterocycles. The standard InChI is InChI=1S/C19H21F5N6/c1-11(20)8-27-17(26-2)10-30-16-4-3-12(19(22,23)24)7-15(16)28-18(30)29-6-5-13(21)14(25)9-29/h3-4,7-8,13-14H,2,5-6,9-10,25H2,1H3/b11-8+,27-17?/t13-,14+/m0/s1. The van der Waals surface area contributed by atoms with Crippen LogP contribution in [0.25, 0.3) is 11.0 Å². The number of halogens is 5. The van der Waals surface area contributed by atoms with Crippen molar-refractivity contribution in [1.82, 2.24) is 9.55 Å². The predicted octanol–water partition coefficient (Wildman–Crippen LogP) is 3.86. The lowest BCUT2D eigenvalue weighted by Crippen LogP contribution is -2.50. The molecular formula is C19H21F5N6. The number of fused-ring (bicyclic) bond motifs is 1. The Hall–Kier alpha value is -2.82. The Morgan fingerprint density at radius 3 is 2.73 bits per heavy atom. The summed E-state index contributed by atoms with van der Waals surface area (Å²) in [5.41, 5.74) is 5.50. The molecule has 0 amide bonds. The number of piperidine rings is 1. The summed E-state index contributed by atoms with van der Waals surface area (Å²) >= 11 is 0. The second-order valence-corrected chi connectivity index (χ2v) is 7.03. The van der Waals surface area contributed by atoms with E-state index in [1.807, 2.05) is 0 Å². The highest BCUT2D eigenvalue weighted by molar-refractivity contribution is 5.89. The van der Waals surface area contributed by atoms with Gasteiger partial charge in [-0.25, -0.2) is 23.7 Å². The minimum absolute atomic E-state index is 0.0186. The number of amidine groups is 1. The van der Waals surface area contributed by atoms with Gasteiger partial charge in [-0.05, 0) is 38.3 Å². The fourth-order valence-electron chi connectivity index (χ4n) is 3.26. The van der Waals surface area contributed by atoms with Gasteiger partial charge < -0.3 is 15.2 Å². The molecule has 11 heteroatoms. The van der Waals surface area contributed by atoms with Gasteiger partial charge in [0.1, 0.15) is 17.8 Å². The van der Waals surface area contributed by atoms with Crippen LogP contribution in [0.5, 0.6) is 0 Å². The maximum Gasteiger partial charge on any atom is 0.416 e. The van der Waals surface area contributed by atoms with E-state index in [4.69, 9.17) is 5.73 Å². The maximum atomic E-state index is 13.8. The van der Waals surface area contributed by atoms with Crippen LogP contribution in [-0.4, -0.2) is 47.4 Å². The van der Waals surface area contributed by atoms with E-state index in [1.165, 1.54) is 13.0 Å². The number of aliphatic imine (C=N–C) groups is 2. The summed E-state index contributed by atoms with van der Waals surface area (Å²) in [6.07, 6.45) is -4.55. The van der Waals surface area contributed by atoms with Gasteiger partial charge >= 0.3 is 6.18 Å². The van der Waals surface area contributed by atoms with Gasteiger partial charge in [-0.3, -0.25) is 0 Å². The molecule has 0 saturated carbocycles. The number of imidazole rings is 1. The number of nitrogens with two attached hydrogens (primary N) is 1. The van der Waals surface area contributed by atoms with Crippen LogP contribution in [0.3, 0.4) is 0 Å². The summed E-state index contributed by atoms with van der Waals surface area (Å²) in [4.78, 5) is 13.8. The zero-order valence-corrected chi connectivity index (χ0v) is 16.2. The van der Waals surface area contributed by atoms with E-state index in [0.29, 0.717) is 18.0 Å². The molecule has 162 valence electrons. The van der Waals surface area contributed by atoms with Crippen LogP contribution in [0, 0.1) is 0 Å². The number of allylic oxidation sites excluding steroid dienone is 1. The number of alkyl halides is 4. The second-order valence-electron chi connectivity index (χ2n) is 7.03. The third kappa shape index (κ3) is 4.66. The molecule has 30 heavy (non-hydrogen) atoms. The van der Waals surface area contributed by atoms with Gasteiger partial charge in [0.05, 0.1) is 35.4 Å². The maximum absolute atomic E-state index is 13.8. The van der Waals surface area contributed by atoms with E-state index in [-0.39, 0.29) is 30.9 Å². The fourth-order valence-corrected chi connectivity index (χ4v) is 3.26. The second kappa shape index (κ2) is 8.50. The van der Waals surface area contributed by atoms with Gasteiger partial charge in [0.25, 0.3) is 0 Å². The first-order chi connectivity index (χ1) is 14.1. The van der Waals surface area contributed by atoms with Crippen LogP contribution < -0.4 is 10.6 Å². The summed E-state index contributed by atoms with van der Waals surface area (Å²) in [5.74, 6) is -0.0984. The molecule has 2 aromatic rings. The largest absolute Gasteiger partial charge is 0.416 e. The van der Waals surface area contributed by atoms with E-state index in [1.54, 1.807) is 9.47 Å². The number of rotatable bonds is 4. The van der Waals surface area contributed by atoms with Crippen LogP contribution in [0.4, 0.5) is 27.9 Å². The molecule has 1 fully saturated rings. The Bertz CT molecular complexity index is 989. The van der Waals surface area contributed by atoms with E-state index < -0.39 is 29.8 Å². The van der Waals surface area contributed by atoms with Crippen molar-refractivity contribution in [3.63, 3.8) is 0 Å². The van der Waals surface area contributed by atoms with Crippen LogP contribution in [-0.2, 0) is 12.7 Å². The van der Waals surface area contributed by atoms with E-state index in [9.17, 15) is 22.0 Å². The topological polar surface area (TPSA) is 71.8 Å². The number of hydrogen-bond donors (Lipinski definition) is 1. The van der Waals surface area contributed by atoms with Gasteiger partial charge in [0, 0.05) is 13.1 Å². The van der Waals surface area contributed by atoms with Gasteiger partial charge in [-0.1, -0.05) is 0 Å². The lowest BCUT2D eigenvalue weighted by molar-refractivity contribution is -0.137. The van der Waals surface area contributed by atoms with Crippen LogP contribution in [0.2, 0.25) is 0 Å². The van der Waals surface area contributed by atoms with Crippen LogP contribution in [0.1, 0.15) is 18.9 Å². The monoisotopic (exact) mass is 428 g/mol. The SMILES string of the molecule is C=NC(Cn1c(N2CC[C@H](F)[C@H](N)C2)nc2cc(C(F)(F)F)ccc21)=N/C=C(\C)F. The summed E-state index contributed by atoms with van der Waals surface area (Å²) in [5, 5.41) is 0. The van der Waals surface area contributed by atoms with Crippen molar-refractivity contribution in [2.24, 2.45) is 15.7 Å². The fraction of sp³-hybridized carbons (Fsp3) is 0.421. The Labute approximate surface area is 169 Å². The molecule has 1 aliphatic heterocycles. The Morgan fingerprint density at radius 2 is 2.13 bits per heavy atom. The molecule has 1 aromatic heterocycles. The Kier molecular flexibility index (Phi) is 6.20. The Morgan fingerprint density at radius 1 is 1.40 bits per heavy atom. The van der Waals surface area contributed by atoms with Crippen molar-refractivity contribution in [2.75, 3.05) is 18.0 Å².